The van der Waals surface area contributed by atoms with Crippen molar-refractivity contribution in [1.82, 2.24) is 4.31 Å². The monoisotopic (exact) mass is 286 g/mol. The molecule has 0 aliphatic carbocycles. The van der Waals surface area contributed by atoms with Crippen LogP contribution >= 0.6 is 0 Å². The Morgan fingerprint density at radius 1 is 1.21 bits per heavy atom. The minimum Gasteiger partial charge on any atom is -0.495 e. The lowest BCUT2D eigenvalue weighted by atomic mass is 10.3. The zero-order chi connectivity index (χ0) is 14.5. The number of sulfonamides is 1. The maximum Gasteiger partial charge on any atom is 0.246 e. The van der Waals surface area contributed by atoms with Gasteiger partial charge in [0.2, 0.25) is 10.0 Å². The molecule has 0 unspecified atom stereocenters. The molecule has 108 valence electrons. The highest BCUT2D eigenvalue weighted by molar-refractivity contribution is 7.89. The van der Waals surface area contributed by atoms with Crippen molar-refractivity contribution < 1.29 is 13.2 Å². The average Bonchev–Trinajstić information content (AvgIpc) is 2.38. The van der Waals surface area contributed by atoms with Crippen LogP contribution in [0.15, 0.2) is 23.1 Å². The number of nitrogens with two attached hydrogens (primary N) is 1. The normalized spacial score (nSPS) is 11.8. The topological polar surface area (TPSA) is 72.6 Å². The summed E-state index contributed by atoms with van der Waals surface area (Å²) in [6.07, 6.45) is 1.54. The Hall–Kier alpha value is -1.27. The van der Waals surface area contributed by atoms with Crippen LogP contribution in [-0.4, -0.2) is 32.9 Å². The number of rotatable bonds is 7. The van der Waals surface area contributed by atoms with Gasteiger partial charge in [0.15, 0.2) is 0 Å². The van der Waals surface area contributed by atoms with Crippen molar-refractivity contribution in [3.63, 3.8) is 0 Å². The van der Waals surface area contributed by atoms with E-state index in [-0.39, 0.29) is 4.90 Å². The SMILES string of the molecule is CCCN(CCC)S(=O)(=O)c1cc(N)ccc1OC. The minimum atomic E-state index is -3.56. The van der Waals surface area contributed by atoms with E-state index in [1.807, 2.05) is 13.8 Å². The Kier molecular flexibility index (Phi) is 5.62. The third-order valence-corrected chi connectivity index (χ3v) is 4.67. The summed E-state index contributed by atoms with van der Waals surface area (Å²) in [7, 11) is -2.11. The van der Waals surface area contributed by atoms with Crippen LogP contribution in [0.3, 0.4) is 0 Å². The van der Waals surface area contributed by atoms with E-state index in [0.717, 1.165) is 12.8 Å². The highest BCUT2D eigenvalue weighted by Crippen LogP contribution is 2.28. The number of benzene rings is 1. The number of nitrogen functional groups attached to an aromatic ring is 1. The molecule has 0 aliphatic heterocycles. The summed E-state index contributed by atoms with van der Waals surface area (Å²) in [6.45, 7) is 4.89. The third-order valence-electron chi connectivity index (χ3n) is 2.75. The summed E-state index contributed by atoms with van der Waals surface area (Å²) in [4.78, 5) is 0.136. The molecule has 19 heavy (non-hydrogen) atoms. The lowest BCUT2D eigenvalue weighted by Crippen LogP contribution is -2.32. The van der Waals surface area contributed by atoms with Crippen LogP contribution in [0.2, 0.25) is 0 Å². The predicted octanol–water partition coefficient (Wildman–Crippen LogP) is 2.09. The van der Waals surface area contributed by atoms with Gasteiger partial charge in [0, 0.05) is 18.8 Å². The molecule has 2 N–H and O–H groups in total. The zero-order valence-electron chi connectivity index (χ0n) is 11.7. The number of nitrogens with zero attached hydrogens (tertiary/aromatic N) is 1. The standard InChI is InChI=1S/C13H22N2O3S/c1-4-8-15(9-5-2)19(16,17)13-10-11(14)6-7-12(13)18-3/h6-7,10H,4-5,8-9,14H2,1-3H3. The lowest BCUT2D eigenvalue weighted by Gasteiger charge is -2.22. The summed E-state index contributed by atoms with van der Waals surface area (Å²) in [5, 5.41) is 0. The lowest BCUT2D eigenvalue weighted by molar-refractivity contribution is 0.387. The van der Waals surface area contributed by atoms with Crippen LogP contribution in [0.5, 0.6) is 5.75 Å². The molecule has 5 nitrogen and oxygen atoms in total. The summed E-state index contributed by atoms with van der Waals surface area (Å²) in [5.74, 6) is 0.325. The molecular weight excluding hydrogens is 264 g/mol. The van der Waals surface area contributed by atoms with Crippen molar-refractivity contribution in [2.24, 2.45) is 0 Å². The van der Waals surface area contributed by atoms with E-state index in [4.69, 9.17) is 10.5 Å². The fourth-order valence-electron chi connectivity index (χ4n) is 1.88. The molecule has 0 aromatic heterocycles. The first-order chi connectivity index (χ1) is 8.97. The van der Waals surface area contributed by atoms with Gasteiger partial charge in [0.25, 0.3) is 0 Å². The molecule has 0 fully saturated rings. The maximum atomic E-state index is 12.6. The van der Waals surface area contributed by atoms with Crippen LogP contribution in [-0.2, 0) is 10.0 Å². The highest BCUT2D eigenvalue weighted by atomic mass is 32.2. The first kappa shape index (κ1) is 15.8. The second-order valence-electron chi connectivity index (χ2n) is 4.31. The van der Waals surface area contributed by atoms with Crippen LogP contribution in [0.25, 0.3) is 0 Å². The number of methoxy groups -OCH3 is 1. The third kappa shape index (κ3) is 3.61. The Morgan fingerprint density at radius 3 is 2.26 bits per heavy atom. The summed E-state index contributed by atoms with van der Waals surface area (Å²) < 4.78 is 31.9. The number of hydrogen-bond acceptors (Lipinski definition) is 4. The molecule has 0 heterocycles. The van der Waals surface area contributed by atoms with Gasteiger partial charge in [-0.15, -0.1) is 0 Å². The molecule has 0 saturated heterocycles. The van der Waals surface area contributed by atoms with E-state index in [1.54, 1.807) is 12.1 Å². The van der Waals surface area contributed by atoms with Crippen molar-refractivity contribution in [2.75, 3.05) is 25.9 Å². The maximum absolute atomic E-state index is 12.6. The molecule has 0 spiro atoms. The van der Waals surface area contributed by atoms with Crippen molar-refractivity contribution in [2.45, 2.75) is 31.6 Å². The number of anilines is 1. The van der Waals surface area contributed by atoms with Gasteiger partial charge in [-0.1, -0.05) is 13.8 Å². The molecule has 1 aromatic carbocycles. The van der Waals surface area contributed by atoms with E-state index in [9.17, 15) is 8.42 Å². The quantitative estimate of drug-likeness (QED) is 0.779. The molecule has 0 radical (unpaired) electrons. The van der Waals surface area contributed by atoms with Gasteiger partial charge in [-0.3, -0.25) is 0 Å². The van der Waals surface area contributed by atoms with Gasteiger partial charge >= 0.3 is 0 Å². The Morgan fingerprint density at radius 2 is 1.79 bits per heavy atom. The minimum absolute atomic E-state index is 0.136. The van der Waals surface area contributed by atoms with Gasteiger partial charge < -0.3 is 10.5 Å². The highest BCUT2D eigenvalue weighted by Gasteiger charge is 2.26. The number of ether oxygens (including phenoxy) is 1. The molecule has 6 heteroatoms. The molecule has 0 aliphatic rings. The van der Waals surface area contributed by atoms with Crippen LogP contribution < -0.4 is 10.5 Å². The van der Waals surface area contributed by atoms with E-state index >= 15 is 0 Å². The summed E-state index contributed by atoms with van der Waals surface area (Å²) >= 11 is 0. The van der Waals surface area contributed by atoms with Crippen LogP contribution in [0.1, 0.15) is 26.7 Å². The smallest absolute Gasteiger partial charge is 0.246 e. The van der Waals surface area contributed by atoms with Gasteiger partial charge in [-0.25, -0.2) is 8.42 Å². The molecule has 1 aromatic rings. The fraction of sp³-hybridized carbons (Fsp3) is 0.538. The molecule has 1 rings (SSSR count). The summed E-state index contributed by atoms with van der Waals surface area (Å²) in [6, 6.07) is 4.66. The molecule has 0 amide bonds. The van der Waals surface area contributed by atoms with E-state index in [1.165, 1.54) is 17.5 Å². The zero-order valence-corrected chi connectivity index (χ0v) is 12.5. The second kappa shape index (κ2) is 6.77. The predicted molar refractivity (Wildman–Crippen MR) is 76.7 cm³/mol. The van der Waals surface area contributed by atoms with Crippen LogP contribution in [0.4, 0.5) is 5.69 Å². The van der Waals surface area contributed by atoms with E-state index in [2.05, 4.69) is 0 Å². The summed E-state index contributed by atoms with van der Waals surface area (Å²) in [5.41, 5.74) is 6.10. The molecule has 0 atom stereocenters. The fourth-order valence-corrected chi connectivity index (χ4v) is 3.70. The molecule has 0 saturated carbocycles. The van der Waals surface area contributed by atoms with Gasteiger partial charge in [0.05, 0.1) is 7.11 Å². The van der Waals surface area contributed by atoms with Crippen molar-refractivity contribution in [3.8, 4) is 5.75 Å². The van der Waals surface area contributed by atoms with Crippen LogP contribution in [0, 0.1) is 0 Å². The Bertz CT molecular complexity index is 509. The largest absolute Gasteiger partial charge is 0.495 e. The van der Waals surface area contributed by atoms with E-state index < -0.39 is 10.0 Å². The Labute approximate surface area is 115 Å². The first-order valence-electron chi connectivity index (χ1n) is 6.41. The van der Waals surface area contributed by atoms with Gasteiger partial charge in [-0.2, -0.15) is 4.31 Å². The Balaban J connectivity index is 3.27. The molecular formula is C13H22N2O3S. The second-order valence-corrected chi connectivity index (χ2v) is 6.22. The van der Waals surface area contributed by atoms with Crippen molar-refractivity contribution >= 4 is 15.7 Å². The first-order valence-corrected chi connectivity index (χ1v) is 7.85. The molecule has 0 bridgehead atoms. The van der Waals surface area contributed by atoms with Crippen molar-refractivity contribution in [1.29, 1.82) is 0 Å². The van der Waals surface area contributed by atoms with E-state index in [0.29, 0.717) is 24.5 Å². The van der Waals surface area contributed by atoms with Gasteiger partial charge in [-0.05, 0) is 31.0 Å². The number of hydrogen-bond donors (Lipinski definition) is 1. The van der Waals surface area contributed by atoms with Crippen molar-refractivity contribution in [3.05, 3.63) is 18.2 Å². The average molecular weight is 286 g/mol. The van der Waals surface area contributed by atoms with Gasteiger partial charge in [0.1, 0.15) is 10.6 Å².